The van der Waals surface area contributed by atoms with E-state index in [0.717, 1.165) is 54.8 Å². The van der Waals surface area contributed by atoms with Gasteiger partial charge in [0.1, 0.15) is 5.75 Å². The van der Waals surface area contributed by atoms with Crippen LogP contribution in [0, 0.1) is 0 Å². The van der Waals surface area contributed by atoms with Gasteiger partial charge in [-0.15, -0.1) is 10.2 Å². The first kappa shape index (κ1) is 18.8. The molecule has 7 heteroatoms. The first-order valence-electron chi connectivity index (χ1n) is 9.21. The molecule has 1 saturated heterocycles. The second-order valence-electron chi connectivity index (χ2n) is 6.33. The number of benzene rings is 1. The van der Waals surface area contributed by atoms with E-state index in [4.69, 9.17) is 4.74 Å². The summed E-state index contributed by atoms with van der Waals surface area (Å²) in [6, 6.07) is 7.79. The van der Waals surface area contributed by atoms with Crippen LogP contribution in [0.15, 0.2) is 29.4 Å². The number of ether oxygens (including phenoxy) is 1. The Labute approximate surface area is 158 Å². The third-order valence-corrected chi connectivity index (χ3v) is 5.62. The molecule has 26 heavy (non-hydrogen) atoms. The highest BCUT2D eigenvalue weighted by molar-refractivity contribution is 7.99. The number of para-hydroxylation sites is 1. The maximum absolute atomic E-state index is 12.5. The quantitative estimate of drug-likeness (QED) is 0.725. The van der Waals surface area contributed by atoms with Crippen molar-refractivity contribution < 1.29 is 9.53 Å². The Morgan fingerprint density at radius 1 is 1.15 bits per heavy atom. The van der Waals surface area contributed by atoms with Gasteiger partial charge < -0.3 is 14.2 Å². The molecule has 6 nitrogen and oxygen atoms in total. The maximum Gasteiger partial charge on any atom is 0.233 e. The number of carbonyl (C=O) groups is 1. The fourth-order valence-corrected chi connectivity index (χ4v) is 4.15. The van der Waals surface area contributed by atoms with Gasteiger partial charge >= 0.3 is 0 Å². The third kappa shape index (κ3) is 4.20. The lowest BCUT2D eigenvalue weighted by molar-refractivity contribution is -0.128. The van der Waals surface area contributed by atoms with Crippen molar-refractivity contribution in [3.05, 3.63) is 24.3 Å². The summed E-state index contributed by atoms with van der Waals surface area (Å²) in [5.74, 6) is 2.15. The number of likely N-dealkylation sites (tertiary alicyclic amines) is 1. The number of hydrogen-bond acceptors (Lipinski definition) is 5. The number of aromatic nitrogens is 3. The average Bonchev–Trinajstić information content (AvgIpc) is 2.88. The number of carbonyl (C=O) groups excluding carboxylic acids is 1. The molecule has 2 heterocycles. The van der Waals surface area contributed by atoms with Gasteiger partial charge in [0.25, 0.3) is 0 Å². The number of amides is 1. The summed E-state index contributed by atoms with van der Waals surface area (Å²) in [6.45, 7) is 4.56. The second-order valence-corrected chi connectivity index (χ2v) is 7.28. The van der Waals surface area contributed by atoms with Gasteiger partial charge in [-0.2, -0.15) is 0 Å². The SMILES string of the molecule is CCn1c(SCC(=O)N2CCCCCC2)nnc1-c1ccccc1OC. The predicted molar refractivity (Wildman–Crippen MR) is 103 cm³/mol. The lowest BCUT2D eigenvalue weighted by Crippen LogP contribution is -2.33. The number of hydrogen-bond donors (Lipinski definition) is 0. The van der Waals surface area contributed by atoms with Crippen LogP contribution in [-0.2, 0) is 11.3 Å². The Kier molecular flexibility index (Phi) is 6.55. The molecule has 1 aromatic carbocycles. The first-order valence-corrected chi connectivity index (χ1v) is 10.2. The first-order chi connectivity index (χ1) is 12.7. The minimum absolute atomic E-state index is 0.196. The summed E-state index contributed by atoms with van der Waals surface area (Å²) in [7, 11) is 1.65. The van der Waals surface area contributed by atoms with E-state index in [-0.39, 0.29) is 5.91 Å². The fourth-order valence-electron chi connectivity index (χ4n) is 3.25. The molecule has 1 aliphatic rings. The molecule has 3 rings (SSSR count). The van der Waals surface area contributed by atoms with Crippen LogP contribution in [-0.4, -0.2) is 51.5 Å². The summed E-state index contributed by atoms with van der Waals surface area (Å²) in [5, 5.41) is 9.46. The third-order valence-electron chi connectivity index (χ3n) is 4.66. The van der Waals surface area contributed by atoms with E-state index in [1.807, 2.05) is 33.7 Å². The van der Waals surface area contributed by atoms with Crippen LogP contribution in [0.1, 0.15) is 32.6 Å². The van der Waals surface area contributed by atoms with E-state index in [1.54, 1.807) is 7.11 Å². The zero-order valence-corrected chi connectivity index (χ0v) is 16.3. The van der Waals surface area contributed by atoms with E-state index < -0.39 is 0 Å². The van der Waals surface area contributed by atoms with Gasteiger partial charge in [0.2, 0.25) is 5.91 Å². The van der Waals surface area contributed by atoms with E-state index in [2.05, 4.69) is 17.1 Å². The number of methoxy groups -OCH3 is 1. The van der Waals surface area contributed by atoms with Crippen molar-refractivity contribution in [3.63, 3.8) is 0 Å². The summed E-state index contributed by atoms with van der Waals surface area (Å²) < 4.78 is 7.49. The molecule has 0 unspecified atom stereocenters. The van der Waals surface area contributed by atoms with Crippen molar-refractivity contribution in [1.29, 1.82) is 0 Å². The zero-order valence-electron chi connectivity index (χ0n) is 15.5. The van der Waals surface area contributed by atoms with Gasteiger partial charge in [-0.3, -0.25) is 4.79 Å². The highest BCUT2D eigenvalue weighted by Crippen LogP contribution is 2.30. The highest BCUT2D eigenvalue weighted by Gasteiger charge is 2.19. The number of nitrogens with zero attached hydrogens (tertiary/aromatic N) is 4. The molecule has 1 fully saturated rings. The number of rotatable bonds is 6. The van der Waals surface area contributed by atoms with Gasteiger partial charge in [-0.05, 0) is 31.9 Å². The van der Waals surface area contributed by atoms with Crippen LogP contribution in [0.5, 0.6) is 5.75 Å². The van der Waals surface area contributed by atoms with Crippen LogP contribution in [0.3, 0.4) is 0 Å². The van der Waals surface area contributed by atoms with Crippen molar-refractivity contribution in [3.8, 4) is 17.1 Å². The van der Waals surface area contributed by atoms with Crippen molar-refractivity contribution in [2.24, 2.45) is 0 Å². The van der Waals surface area contributed by atoms with Crippen LogP contribution in [0.4, 0.5) is 0 Å². The Hall–Kier alpha value is -2.02. The molecular weight excluding hydrogens is 348 g/mol. The van der Waals surface area contributed by atoms with Crippen LogP contribution in [0.25, 0.3) is 11.4 Å². The predicted octanol–water partition coefficient (Wildman–Crippen LogP) is 3.47. The molecule has 1 amide bonds. The van der Waals surface area contributed by atoms with Gasteiger partial charge in [-0.1, -0.05) is 36.7 Å². The monoisotopic (exact) mass is 374 g/mol. The Morgan fingerprint density at radius 2 is 1.88 bits per heavy atom. The van der Waals surface area contributed by atoms with Gasteiger partial charge in [0.15, 0.2) is 11.0 Å². The molecular formula is C19H26N4O2S. The van der Waals surface area contributed by atoms with Gasteiger partial charge in [-0.25, -0.2) is 0 Å². The van der Waals surface area contributed by atoms with Crippen molar-refractivity contribution in [2.75, 3.05) is 26.0 Å². The van der Waals surface area contributed by atoms with E-state index in [0.29, 0.717) is 5.75 Å². The zero-order chi connectivity index (χ0) is 18.4. The summed E-state index contributed by atoms with van der Waals surface area (Å²) in [4.78, 5) is 14.5. The molecule has 140 valence electrons. The van der Waals surface area contributed by atoms with E-state index in [9.17, 15) is 4.79 Å². The molecule has 0 saturated carbocycles. The largest absolute Gasteiger partial charge is 0.496 e. The molecule has 1 aromatic heterocycles. The fraction of sp³-hybridized carbons (Fsp3) is 0.526. The molecule has 1 aliphatic heterocycles. The van der Waals surface area contributed by atoms with Crippen molar-refractivity contribution in [2.45, 2.75) is 44.3 Å². The number of thioether (sulfide) groups is 1. The standard InChI is InChI=1S/C19H26N4O2S/c1-3-23-18(15-10-6-7-11-16(15)25-2)20-21-19(23)26-14-17(24)22-12-8-4-5-9-13-22/h6-7,10-11H,3-5,8-9,12-14H2,1-2H3. The van der Waals surface area contributed by atoms with Gasteiger partial charge in [0, 0.05) is 19.6 Å². The lowest BCUT2D eigenvalue weighted by atomic mass is 10.2. The van der Waals surface area contributed by atoms with E-state index >= 15 is 0 Å². The molecule has 0 spiro atoms. The molecule has 0 N–H and O–H groups in total. The Bertz CT molecular complexity index is 739. The Balaban J connectivity index is 1.73. The van der Waals surface area contributed by atoms with Crippen LogP contribution in [0.2, 0.25) is 0 Å². The maximum atomic E-state index is 12.5. The average molecular weight is 375 g/mol. The van der Waals surface area contributed by atoms with Crippen LogP contribution >= 0.6 is 11.8 Å². The normalized spacial score (nSPS) is 14.9. The summed E-state index contributed by atoms with van der Waals surface area (Å²) >= 11 is 1.47. The van der Waals surface area contributed by atoms with E-state index in [1.165, 1.54) is 24.6 Å². The molecule has 0 radical (unpaired) electrons. The highest BCUT2D eigenvalue weighted by atomic mass is 32.2. The van der Waals surface area contributed by atoms with Gasteiger partial charge in [0.05, 0.1) is 18.4 Å². The molecule has 0 atom stereocenters. The van der Waals surface area contributed by atoms with Crippen molar-refractivity contribution >= 4 is 17.7 Å². The minimum Gasteiger partial charge on any atom is -0.496 e. The summed E-state index contributed by atoms with van der Waals surface area (Å²) in [5.41, 5.74) is 0.912. The minimum atomic E-state index is 0.196. The Morgan fingerprint density at radius 3 is 2.58 bits per heavy atom. The lowest BCUT2D eigenvalue weighted by Gasteiger charge is -2.19. The smallest absolute Gasteiger partial charge is 0.233 e. The molecule has 0 bridgehead atoms. The second kappa shape index (κ2) is 9.07. The molecule has 0 aliphatic carbocycles. The topological polar surface area (TPSA) is 60.2 Å². The van der Waals surface area contributed by atoms with Crippen molar-refractivity contribution in [1.82, 2.24) is 19.7 Å². The van der Waals surface area contributed by atoms with Crippen LogP contribution < -0.4 is 4.74 Å². The summed E-state index contributed by atoms with van der Waals surface area (Å²) in [6.07, 6.45) is 4.67. The molecule has 2 aromatic rings.